The Hall–Kier alpha value is -4.58. The molecule has 1 aromatic carbocycles. The summed E-state index contributed by atoms with van der Waals surface area (Å²) < 4.78 is 2.98. The topological polar surface area (TPSA) is 105 Å². The van der Waals surface area contributed by atoms with Gasteiger partial charge >= 0.3 is 5.69 Å². The van der Waals surface area contributed by atoms with Crippen molar-refractivity contribution >= 4 is 22.4 Å². The van der Waals surface area contributed by atoms with E-state index in [2.05, 4.69) is 45.3 Å². The van der Waals surface area contributed by atoms with E-state index in [1.165, 1.54) is 10.2 Å². The van der Waals surface area contributed by atoms with Gasteiger partial charge < -0.3 is 4.90 Å². The van der Waals surface area contributed by atoms with Crippen LogP contribution >= 0.6 is 0 Å². The Bertz CT molecular complexity index is 1850. The zero-order chi connectivity index (χ0) is 26.0. The van der Waals surface area contributed by atoms with E-state index >= 15 is 0 Å². The Balaban J connectivity index is 1.26. The number of hydrogen-bond acceptors (Lipinski definition) is 7. The van der Waals surface area contributed by atoms with Crippen molar-refractivity contribution in [3.05, 3.63) is 81.9 Å². The number of nitrogens with zero attached hydrogens (tertiary/aromatic N) is 8. The highest BCUT2D eigenvalue weighted by Crippen LogP contribution is 2.46. The monoisotopic (exact) mass is 502 g/mol. The number of nitriles is 1. The van der Waals surface area contributed by atoms with Gasteiger partial charge in [0.15, 0.2) is 0 Å². The minimum Gasteiger partial charge on any atom is -0.351 e. The Morgan fingerprint density at radius 3 is 2.84 bits per heavy atom. The summed E-state index contributed by atoms with van der Waals surface area (Å²) in [5, 5.41) is 16.3. The van der Waals surface area contributed by atoms with E-state index in [4.69, 9.17) is 9.97 Å². The first kappa shape index (κ1) is 22.6. The van der Waals surface area contributed by atoms with Gasteiger partial charge in [-0.05, 0) is 55.3 Å². The maximum atomic E-state index is 13.1. The van der Waals surface area contributed by atoms with Crippen LogP contribution in [0.2, 0.25) is 0 Å². The van der Waals surface area contributed by atoms with Gasteiger partial charge in [0.25, 0.3) is 5.78 Å². The minimum atomic E-state index is -0.463. The molecule has 5 heterocycles. The van der Waals surface area contributed by atoms with Crippen LogP contribution in [0.4, 0.5) is 5.82 Å². The molecule has 1 saturated carbocycles. The normalized spacial score (nSPS) is 16.0. The van der Waals surface area contributed by atoms with Crippen LogP contribution in [0.15, 0.2) is 53.7 Å². The molecule has 1 aliphatic carbocycles. The fourth-order valence-corrected chi connectivity index (χ4v) is 5.55. The number of aryl methyl sites for hydroxylation is 1. The van der Waals surface area contributed by atoms with E-state index in [-0.39, 0.29) is 5.69 Å². The van der Waals surface area contributed by atoms with Crippen molar-refractivity contribution < 1.29 is 0 Å². The third-order valence-electron chi connectivity index (χ3n) is 8.12. The first-order chi connectivity index (χ1) is 18.5. The molecular formula is C29H26N8O. The minimum absolute atomic E-state index is 0.232. The van der Waals surface area contributed by atoms with Crippen LogP contribution in [0.5, 0.6) is 0 Å². The van der Waals surface area contributed by atoms with Crippen molar-refractivity contribution in [3.8, 4) is 17.2 Å². The molecule has 7 rings (SSSR count). The first-order valence-corrected chi connectivity index (χ1v) is 12.9. The van der Waals surface area contributed by atoms with Crippen molar-refractivity contribution in [1.29, 1.82) is 5.26 Å². The predicted molar refractivity (Wildman–Crippen MR) is 144 cm³/mol. The number of aromatic nitrogens is 6. The van der Waals surface area contributed by atoms with E-state index in [0.717, 1.165) is 70.5 Å². The van der Waals surface area contributed by atoms with Crippen LogP contribution in [0, 0.1) is 30.6 Å². The van der Waals surface area contributed by atoms with Gasteiger partial charge in [0, 0.05) is 66.0 Å². The molecule has 0 radical (unpaired) electrons. The van der Waals surface area contributed by atoms with Crippen LogP contribution in [0.1, 0.15) is 35.4 Å². The molecule has 5 aromatic rings. The highest BCUT2D eigenvalue weighted by molar-refractivity contribution is 5.96. The van der Waals surface area contributed by atoms with Crippen LogP contribution in [-0.4, -0.2) is 35.7 Å². The van der Waals surface area contributed by atoms with Gasteiger partial charge in [-0.1, -0.05) is 18.2 Å². The van der Waals surface area contributed by atoms with Crippen LogP contribution in [-0.2, 0) is 19.5 Å². The predicted octanol–water partition coefficient (Wildman–Crippen LogP) is 3.98. The molecule has 0 amide bonds. The van der Waals surface area contributed by atoms with Crippen molar-refractivity contribution in [2.45, 2.75) is 46.2 Å². The third-order valence-corrected chi connectivity index (χ3v) is 8.12. The third kappa shape index (κ3) is 3.48. The average Bonchev–Trinajstić information content (AvgIpc) is 3.66. The molecule has 9 nitrogen and oxygen atoms in total. The van der Waals surface area contributed by atoms with Gasteiger partial charge in [-0.25, -0.2) is 13.9 Å². The van der Waals surface area contributed by atoms with Crippen molar-refractivity contribution in [2.24, 2.45) is 5.41 Å². The lowest BCUT2D eigenvalue weighted by Gasteiger charge is -2.31. The summed E-state index contributed by atoms with van der Waals surface area (Å²) >= 11 is 0. The SMILES string of the molecule is Cc1c(N2CCc3ncc(-c4cccc5cnccc45)cc3C2)nc2nn(CC3(C#N)CC3)c(=O)n2c1C. The van der Waals surface area contributed by atoms with Crippen molar-refractivity contribution in [2.75, 3.05) is 11.4 Å². The molecule has 188 valence electrons. The summed E-state index contributed by atoms with van der Waals surface area (Å²) in [7, 11) is 0. The number of rotatable bonds is 4. The molecule has 1 aliphatic heterocycles. The number of pyridine rings is 2. The Morgan fingerprint density at radius 2 is 2.03 bits per heavy atom. The van der Waals surface area contributed by atoms with E-state index in [1.807, 2.05) is 38.5 Å². The van der Waals surface area contributed by atoms with Gasteiger partial charge in [0.05, 0.1) is 18.0 Å². The summed E-state index contributed by atoms with van der Waals surface area (Å²) in [4.78, 5) is 29.3. The summed E-state index contributed by atoms with van der Waals surface area (Å²) in [5.74, 6) is 1.21. The van der Waals surface area contributed by atoms with E-state index in [1.54, 1.807) is 4.40 Å². The average molecular weight is 503 g/mol. The molecule has 0 unspecified atom stereocenters. The van der Waals surface area contributed by atoms with Crippen LogP contribution in [0.25, 0.3) is 27.7 Å². The molecule has 0 spiro atoms. The quantitative estimate of drug-likeness (QED) is 0.366. The van der Waals surface area contributed by atoms with Crippen molar-refractivity contribution in [1.82, 2.24) is 29.1 Å². The molecular weight excluding hydrogens is 476 g/mol. The van der Waals surface area contributed by atoms with Gasteiger partial charge in [0.2, 0.25) is 0 Å². The lowest BCUT2D eigenvalue weighted by Crippen LogP contribution is -2.33. The second kappa shape index (κ2) is 8.21. The molecule has 2 aliphatic rings. The zero-order valence-corrected chi connectivity index (χ0v) is 21.3. The molecule has 0 atom stereocenters. The Labute approximate surface area is 219 Å². The summed E-state index contributed by atoms with van der Waals surface area (Å²) in [6, 6.07) is 12.9. The summed E-state index contributed by atoms with van der Waals surface area (Å²) in [5.41, 5.74) is 5.58. The smallest absolute Gasteiger partial charge is 0.351 e. The fraction of sp³-hybridized carbons (Fsp3) is 0.310. The fourth-order valence-electron chi connectivity index (χ4n) is 5.55. The molecule has 0 bridgehead atoms. The Kier molecular flexibility index (Phi) is 4.89. The number of benzene rings is 1. The standard InChI is InChI=1S/C29H26N8O/c1-18-19(2)37-27(34-36(28(37)38)17-29(16-30)8-9-29)33-26(18)35-11-7-25-22(15-35)12-21(14-32-25)23-5-3-4-20-13-31-10-6-24(20)23/h3-6,10,12-14H,7-9,11,15,17H2,1-2H3. The number of hydrogen-bond donors (Lipinski definition) is 0. The van der Waals surface area contributed by atoms with E-state index in [0.29, 0.717) is 18.9 Å². The van der Waals surface area contributed by atoms with Gasteiger partial charge in [-0.2, -0.15) is 10.2 Å². The molecule has 0 saturated heterocycles. The highest BCUT2D eigenvalue weighted by Gasteiger charge is 2.44. The molecule has 0 N–H and O–H groups in total. The lowest BCUT2D eigenvalue weighted by atomic mass is 9.97. The molecule has 9 heteroatoms. The maximum absolute atomic E-state index is 13.1. The highest BCUT2D eigenvalue weighted by atomic mass is 16.2. The molecule has 4 aromatic heterocycles. The van der Waals surface area contributed by atoms with Gasteiger partial charge in [-0.3, -0.25) is 9.97 Å². The molecule has 38 heavy (non-hydrogen) atoms. The lowest BCUT2D eigenvalue weighted by molar-refractivity contribution is 0.472. The number of anilines is 1. The maximum Gasteiger partial charge on any atom is 0.351 e. The summed E-state index contributed by atoms with van der Waals surface area (Å²) in [6.45, 7) is 5.72. The second-order valence-electron chi connectivity index (χ2n) is 10.5. The first-order valence-electron chi connectivity index (χ1n) is 12.9. The van der Waals surface area contributed by atoms with Crippen LogP contribution in [0.3, 0.4) is 0 Å². The van der Waals surface area contributed by atoms with E-state index < -0.39 is 5.41 Å². The van der Waals surface area contributed by atoms with Crippen LogP contribution < -0.4 is 10.6 Å². The van der Waals surface area contributed by atoms with Gasteiger partial charge in [-0.15, -0.1) is 5.10 Å². The molecule has 1 fully saturated rings. The van der Waals surface area contributed by atoms with Crippen molar-refractivity contribution in [3.63, 3.8) is 0 Å². The number of fused-ring (bicyclic) bond motifs is 3. The largest absolute Gasteiger partial charge is 0.351 e. The second-order valence-corrected chi connectivity index (χ2v) is 10.5. The van der Waals surface area contributed by atoms with Gasteiger partial charge in [0.1, 0.15) is 5.82 Å². The summed E-state index contributed by atoms with van der Waals surface area (Å²) in [6.07, 6.45) is 8.10. The Morgan fingerprint density at radius 1 is 1.16 bits per heavy atom. The van der Waals surface area contributed by atoms with E-state index in [9.17, 15) is 10.1 Å². The zero-order valence-electron chi connectivity index (χ0n) is 21.3.